The molecule has 4 nitrogen and oxygen atoms in total. The average molecular weight is 266 g/mol. The lowest BCUT2D eigenvalue weighted by atomic mass is 10.1. The molecule has 1 N–H and O–H groups in total. The van der Waals surface area contributed by atoms with Crippen molar-refractivity contribution in [2.45, 2.75) is 56.9 Å². The highest BCUT2D eigenvalue weighted by Gasteiger charge is 2.29. The number of fused-ring (bicyclic) bond motifs is 1. The monoisotopic (exact) mass is 266 g/mol. The van der Waals surface area contributed by atoms with Crippen LogP contribution in [0.15, 0.2) is 0 Å². The molecule has 0 amide bonds. The van der Waals surface area contributed by atoms with Gasteiger partial charge in [0.15, 0.2) is 0 Å². The Labute approximate surface area is 113 Å². The van der Waals surface area contributed by atoms with E-state index in [0.717, 1.165) is 31.9 Å². The molecule has 0 saturated carbocycles. The van der Waals surface area contributed by atoms with Crippen molar-refractivity contribution in [2.24, 2.45) is 0 Å². The molecule has 2 aliphatic rings. The number of hydrogen-bond acceptors (Lipinski definition) is 4. The van der Waals surface area contributed by atoms with Crippen molar-refractivity contribution in [3.63, 3.8) is 0 Å². The lowest BCUT2D eigenvalue weighted by Gasteiger charge is -2.23. The highest BCUT2D eigenvalue weighted by atomic mass is 32.2. The Morgan fingerprint density at radius 3 is 3.11 bits per heavy atom. The number of aromatic nitrogens is 3. The van der Waals surface area contributed by atoms with Gasteiger partial charge in [0.1, 0.15) is 11.6 Å². The highest BCUT2D eigenvalue weighted by molar-refractivity contribution is 8.00. The first-order valence-electron chi connectivity index (χ1n) is 7.02. The maximum Gasteiger partial charge on any atom is 0.147 e. The van der Waals surface area contributed by atoms with Gasteiger partial charge in [0, 0.05) is 24.3 Å². The fourth-order valence-corrected chi connectivity index (χ4v) is 4.19. The molecule has 1 fully saturated rings. The van der Waals surface area contributed by atoms with Crippen LogP contribution < -0.4 is 5.32 Å². The molecule has 0 aromatic carbocycles. The average Bonchev–Trinajstić information content (AvgIpc) is 2.97. The SMILES string of the molecule is CC1(CNCc2nnc3n2CCCC3)CCCS1. The summed E-state index contributed by atoms with van der Waals surface area (Å²) in [4.78, 5) is 0. The van der Waals surface area contributed by atoms with Crippen LogP contribution in [0.3, 0.4) is 0 Å². The van der Waals surface area contributed by atoms with Crippen LogP contribution in [0, 0.1) is 0 Å². The third kappa shape index (κ3) is 2.57. The van der Waals surface area contributed by atoms with Crippen molar-refractivity contribution < 1.29 is 0 Å². The first kappa shape index (κ1) is 12.5. The molecular formula is C13H22N4S. The van der Waals surface area contributed by atoms with Crippen molar-refractivity contribution in [1.29, 1.82) is 0 Å². The van der Waals surface area contributed by atoms with Gasteiger partial charge in [-0.15, -0.1) is 10.2 Å². The first-order valence-corrected chi connectivity index (χ1v) is 8.01. The summed E-state index contributed by atoms with van der Waals surface area (Å²) in [5.41, 5.74) is 0. The van der Waals surface area contributed by atoms with Crippen molar-refractivity contribution >= 4 is 11.8 Å². The summed E-state index contributed by atoms with van der Waals surface area (Å²) in [5.74, 6) is 3.62. The van der Waals surface area contributed by atoms with Crippen LogP contribution in [-0.2, 0) is 19.5 Å². The van der Waals surface area contributed by atoms with E-state index < -0.39 is 0 Å². The second kappa shape index (κ2) is 5.21. The second-order valence-corrected chi connectivity index (χ2v) is 7.33. The molecule has 1 aromatic rings. The summed E-state index contributed by atoms with van der Waals surface area (Å²) >= 11 is 2.11. The third-order valence-electron chi connectivity index (χ3n) is 4.02. The molecule has 2 aliphatic heterocycles. The van der Waals surface area contributed by atoms with Gasteiger partial charge < -0.3 is 9.88 Å². The molecule has 0 aliphatic carbocycles. The van der Waals surface area contributed by atoms with E-state index in [-0.39, 0.29) is 0 Å². The number of hydrogen-bond donors (Lipinski definition) is 1. The molecule has 3 rings (SSSR count). The Morgan fingerprint density at radius 1 is 1.33 bits per heavy atom. The molecule has 3 heterocycles. The van der Waals surface area contributed by atoms with Crippen molar-refractivity contribution in [3.8, 4) is 0 Å². The van der Waals surface area contributed by atoms with Gasteiger partial charge in [0.2, 0.25) is 0 Å². The normalized spacial score (nSPS) is 27.4. The maximum absolute atomic E-state index is 4.33. The van der Waals surface area contributed by atoms with Crippen molar-refractivity contribution in [2.75, 3.05) is 12.3 Å². The Morgan fingerprint density at radius 2 is 2.28 bits per heavy atom. The molecule has 5 heteroatoms. The zero-order valence-electron chi connectivity index (χ0n) is 11.1. The predicted octanol–water partition coefficient (Wildman–Crippen LogP) is 1.99. The predicted molar refractivity (Wildman–Crippen MR) is 74.8 cm³/mol. The zero-order valence-corrected chi connectivity index (χ0v) is 11.9. The molecule has 100 valence electrons. The summed E-state index contributed by atoms with van der Waals surface area (Å²) in [6, 6.07) is 0. The van der Waals surface area contributed by atoms with Gasteiger partial charge >= 0.3 is 0 Å². The summed E-state index contributed by atoms with van der Waals surface area (Å²) in [7, 11) is 0. The quantitative estimate of drug-likeness (QED) is 0.905. The van der Waals surface area contributed by atoms with Crippen molar-refractivity contribution in [3.05, 3.63) is 11.6 Å². The Kier molecular flexibility index (Phi) is 3.61. The maximum atomic E-state index is 4.33. The summed E-state index contributed by atoms with van der Waals surface area (Å²) in [6.45, 7) is 5.42. The Hall–Kier alpha value is -0.550. The fraction of sp³-hybridized carbons (Fsp3) is 0.846. The Bertz CT molecular complexity index is 409. The largest absolute Gasteiger partial charge is 0.314 e. The smallest absolute Gasteiger partial charge is 0.147 e. The molecular weight excluding hydrogens is 244 g/mol. The summed E-state index contributed by atoms with van der Waals surface area (Å²) < 4.78 is 2.74. The van der Waals surface area contributed by atoms with E-state index in [2.05, 4.69) is 38.8 Å². The minimum atomic E-state index is 0.435. The van der Waals surface area contributed by atoms with Crippen molar-refractivity contribution in [1.82, 2.24) is 20.1 Å². The van der Waals surface area contributed by atoms with E-state index in [9.17, 15) is 0 Å². The van der Waals surface area contributed by atoms with Crippen LogP contribution in [0.4, 0.5) is 0 Å². The van der Waals surface area contributed by atoms with Crippen LogP contribution >= 0.6 is 11.8 Å². The van der Waals surface area contributed by atoms with Gasteiger partial charge in [-0.05, 0) is 38.4 Å². The molecule has 1 atom stereocenters. The highest BCUT2D eigenvalue weighted by Crippen LogP contribution is 2.36. The third-order valence-corrected chi connectivity index (χ3v) is 5.56. The van der Waals surface area contributed by atoms with Gasteiger partial charge in [-0.2, -0.15) is 11.8 Å². The van der Waals surface area contributed by atoms with Gasteiger partial charge in [-0.3, -0.25) is 0 Å². The standard InChI is InChI=1S/C13H22N4S/c1-13(6-4-8-18-13)10-14-9-12-16-15-11-5-2-3-7-17(11)12/h14H,2-10H2,1H3. The zero-order chi connectivity index (χ0) is 12.4. The van der Waals surface area contributed by atoms with E-state index in [4.69, 9.17) is 0 Å². The molecule has 0 radical (unpaired) electrons. The van der Waals surface area contributed by atoms with Gasteiger partial charge in [-0.1, -0.05) is 0 Å². The second-order valence-electron chi connectivity index (χ2n) is 5.65. The Balaban J connectivity index is 1.55. The van der Waals surface area contributed by atoms with E-state index >= 15 is 0 Å². The number of nitrogens with one attached hydrogen (secondary N) is 1. The minimum absolute atomic E-state index is 0.435. The minimum Gasteiger partial charge on any atom is -0.314 e. The summed E-state index contributed by atoms with van der Waals surface area (Å²) in [6.07, 6.45) is 6.33. The van der Waals surface area contributed by atoms with Crippen LogP contribution in [0.25, 0.3) is 0 Å². The molecule has 0 bridgehead atoms. The van der Waals surface area contributed by atoms with Crippen LogP contribution in [0.1, 0.15) is 44.3 Å². The van der Waals surface area contributed by atoms with Gasteiger partial charge in [0.25, 0.3) is 0 Å². The van der Waals surface area contributed by atoms with E-state index in [0.29, 0.717) is 4.75 Å². The van der Waals surface area contributed by atoms with Gasteiger partial charge in [-0.25, -0.2) is 0 Å². The molecule has 1 aromatic heterocycles. The lowest BCUT2D eigenvalue weighted by Crippen LogP contribution is -2.33. The number of thioether (sulfide) groups is 1. The molecule has 1 saturated heterocycles. The van der Waals surface area contributed by atoms with Crippen LogP contribution in [0.2, 0.25) is 0 Å². The molecule has 18 heavy (non-hydrogen) atoms. The molecule has 0 spiro atoms. The fourth-order valence-electron chi connectivity index (χ4n) is 2.91. The summed E-state index contributed by atoms with van der Waals surface area (Å²) in [5, 5.41) is 12.2. The van der Waals surface area contributed by atoms with Gasteiger partial charge in [0.05, 0.1) is 6.54 Å². The van der Waals surface area contributed by atoms with Crippen LogP contribution in [-0.4, -0.2) is 31.8 Å². The van der Waals surface area contributed by atoms with E-state index in [1.165, 1.54) is 37.3 Å². The van der Waals surface area contributed by atoms with E-state index in [1.54, 1.807) is 0 Å². The first-order chi connectivity index (χ1) is 8.77. The topological polar surface area (TPSA) is 42.7 Å². The number of aryl methyl sites for hydroxylation is 1. The number of rotatable bonds is 4. The lowest BCUT2D eigenvalue weighted by molar-refractivity contribution is 0.483. The molecule has 1 unspecified atom stereocenters. The van der Waals surface area contributed by atoms with Crippen LogP contribution in [0.5, 0.6) is 0 Å². The van der Waals surface area contributed by atoms with E-state index in [1.807, 2.05) is 0 Å². The number of nitrogens with zero attached hydrogens (tertiary/aromatic N) is 3.